The molecule has 1 fully saturated rings. The van der Waals surface area contributed by atoms with Gasteiger partial charge in [0, 0.05) is 40.6 Å². The van der Waals surface area contributed by atoms with Crippen LogP contribution in [0.3, 0.4) is 0 Å². The lowest BCUT2D eigenvalue weighted by Gasteiger charge is -2.12. The summed E-state index contributed by atoms with van der Waals surface area (Å²) in [6.45, 7) is 2.88. The van der Waals surface area contributed by atoms with E-state index in [0.29, 0.717) is 6.04 Å². The highest BCUT2D eigenvalue weighted by Crippen LogP contribution is 2.27. The lowest BCUT2D eigenvalue weighted by atomic mass is 10.2. The summed E-state index contributed by atoms with van der Waals surface area (Å²) in [5, 5.41) is 5.54. The maximum atomic E-state index is 6.32. The van der Waals surface area contributed by atoms with Crippen molar-refractivity contribution in [1.82, 2.24) is 14.9 Å². The van der Waals surface area contributed by atoms with Crippen LogP contribution >= 0.6 is 11.6 Å². The average molecular weight is 312 g/mol. The van der Waals surface area contributed by atoms with Crippen LogP contribution in [0.2, 0.25) is 5.02 Å². The van der Waals surface area contributed by atoms with Gasteiger partial charge in [-0.3, -0.25) is 4.57 Å². The molecule has 0 radical (unpaired) electrons. The van der Waals surface area contributed by atoms with Crippen LogP contribution in [0, 0.1) is 6.92 Å². The number of benzene rings is 1. The molecular weight excluding hydrogens is 294 g/mol. The second-order valence-corrected chi connectivity index (χ2v) is 6.38. The van der Waals surface area contributed by atoms with E-state index in [9.17, 15) is 0 Å². The quantitative estimate of drug-likeness (QED) is 0.781. The highest BCUT2D eigenvalue weighted by molar-refractivity contribution is 6.31. The molecule has 0 bridgehead atoms. The minimum Gasteiger partial charge on any atom is -0.308 e. The zero-order valence-electron chi connectivity index (χ0n) is 12.5. The molecule has 112 valence electrons. The summed E-state index contributed by atoms with van der Waals surface area (Å²) in [4.78, 5) is 4.57. The fourth-order valence-electron chi connectivity index (χ4n) is 2.76. The number of pyridine rings is 1. The van der Waals surface area contributed by atoms with Gasteiger partial charge in [-0.2, -0.15) is 0 Å². The van der Waals surface area contributed by atoms with Crippen LogP contribution in [-0.4, -0.2) is 15.6 Å². The Morgan fingerprint density at radius 1 is 1.27 bits per heavy atom. The number of hydrogen-bond donors (Lipinski definition) is 1. The van der Waals surface area contributed by atoms with Crippen LogP contribution in [-0.2, 0) is 6.54 Å². The highest BCUT2D eigenvalue weighted by Gasteiger charge is 2.21. The number of rotatable bonds is 4. The van der Waals surface area contributed by atoms with E-state index >= 15 is 0 Å². The van der Waals surface area contributed by atoms with Crippen molar-refractivity contribution in [3.8, 4) is 5.69 Å². The molecule has 2 heterocycles. The van der Waals surface area contributed by atoms with Gasteiger partial charge in [-0.1, -0.05) is 17.7 Å². The fraction of sp³-hybridized carbons (Fsp3) is 0.278. The standard InChI is InChI=1S/C18H18ClN3/c1-12-4-7-15(10-17(12)19)22-16(11-21-14-5-6-14)9-13-3-2-8-20-18(13)22/h2-4,7-10,14,21H,5-6,11H2,1H3. The molecule has 4 rings (SSSR count). The molecule has 0 spiro atoms. The molecule has 0 saturated heterocycles. The van der Waals surface area contributed by atoms with Crippen molar-refractivity contribution >= 4 is 22.6 Å². The van der Waals surface area contributed by atoms with Gasteiger partial charge in [0.25, 0.3) is 0 Å². The Labute approximate surface area is 134 Å². The topological polar surface area (TPSA) is 29.9 Å². The van der Waals surface area contributed by atoms with Crippen molar-refractivity contribution in [2.45, 2.75) is 32.4 Å². The number of nitrogens with zero attached hydrogens (tertiary/aromatic N) is 2. The molecule has 1 N–H and O–H groups in total. The van der Waals surface area contributed by atoms with Gasteiger partial charge in [-0.15, -0.1) is 0 Å². The van der Waals surface area contributed by atoms with Gasteiger partial charge in [-0.25, -0.2) is 4.98 Å². The van der Waals surface area contributed by atoms with Crippen molar-refractivity contribution in [3.63, 3.8) is 0 Å². The Bertz CT molecular complexity index is 833. The third kappa shape index (κ3) is 2.51. The van der Waals surface area contributed by atoms with Gasteiger partial charge >= 0.3 is 0 Å². The fourth-order valence-corrected chi connectivity index (χ4v) is 2.94. The molecule has 1 aliphatic rings. The van der Waals surface area contributed by atoms with Crippen molar-refractivity contribution in [2.24, 2.45) is 0 Å². The van der Waals surface area contributed by atoms with Gasteiger partial charge in [0.05, 0.1) is 0 Å². The first-order chi connectivity index (χ1) is 10.7. The van der Waals surface area contributed by atoms with Crippen LogP contribution in [0.25, 0.3) is 16.7 Å². The van der Waals surface area contributed by atoms with Gasteiger partial charge < -0.3 is 5.32 Å². The van der Waals surface area contributed by atoms with E-state index in [1.165, 1.54) is 18.5 Å². The minimum absolute atomic E-state index is 0.682. The molecule has 1 aromatic carbocycles. The Hall–Kier alpha value is -1.84. The number of hydrogen-bond acceptors (Lipinski definition) is 2. The van der Waals surface area contributed by atoms with Gasteiger partial charge in [0.2, 0.25) is 0 Å². The Morgan fingerprint density at radius 3 is 2.91 bits per heavy atom. The van der Waals surface area contributed by atoms with E-state index in [4.69, 9.17) is 11.6 Å². The van der Waals surface area contributed by atoms with Crippen LogP contribution in [0.4, 0.5) is 0 Å². The van der Waals surface area contributed by atoms with Gasteiger partial charge in [0.1, 0.15) is 5.65 Å². The normalized spacial score (nSPS) is 14.6. The molecule has 1 saturated carbocycles. The first kappa shape index (κ1) is 13.8. The van der Waals surface area contributed by atoms with E-state index in [-0.39, 0.29) is 0 Å². The summed E-state index contributed by atoms with van der Waals surface area (Å²) in [5.74, 6) is 0. The first-order valence-electron chi connectivity index (χ1n) is 7.67. The molecule has 1 aliphatic carbocycles. The summed E-state index contributed by atoms with van der Waals surface area (Å²) in [5.41, 5.74) is 4.36. The van der Waals surface area contributed by atoms with E-state index < -0.39 is 0 Å². The van der Waals surface area contributed by atoms with Crippen molar-refractivity contribution < 1.29 is 0 Å². The lowest BCUT2D eigenvalue weighted by Crippen LogP contribution is -2.17. The zero-order valence-corrected chi connectivity index (χ0v) is 13.3. The minimum atomic E-state index is 0.682. The maximum absolute atomic E-state index is 6.32. The molecular formula is C18H18ClN3. The first-order valence-corrected chi connectivity index (χ1v) is 8.05. The molecule has 0 atom stereocenters. The predicted molar refractivity (Wildman–Crippen MR) is 90.7 cm³/mol. The zero-order chi connectivity index (χ0) is 15.1. The van der Waals surface area contributed by atoms with E-state index in [1.54, 1.807) is 0 Å². The SMILES string of the molecule is Cc1ccc(-n2c(CNC3CC3)cc3cccnc32)cc1Cl. The van der Waals surface area contributed by atoms with E-state index in [1.807, 2.05) is 25.3 Å². The summed E-state index contributed by atoms with van der Waals surface area (Å²) in [6, 6.07) is 13.2. The Balaban J connectivity index is 1.84. The number of nitrogens with one attached hydrogen (secondary N) is 1. The number of aromatic nitrogens is 2. The van der Waals surface area contributed by atoms with Crippen LogP contribution in [0.5, 0.6) is 0 Å². The number of fused-ring (bicyclic) bond motifs is 1. The monoisotopic (exact) mass is 311 g/mol. The van der Waals surface area contributed by atoms with Gasteiger partial charge in [-0.05, 0) is 55.7 Å². The van der Waals surface area contributed by atoms with Crippen LogP contribution < -0.4 is 5.32 Å². The van der Waals surface area contributed by atoms with E-state index in [0.717, 1.165) is 33.9 Å². The summed E-state index contributed by atoms with van der Waals surface area (Å²) in [6.07, 6.45) is 4.41. The van der Waals surface area contributed by atoms with Crippen LogP contribution in [0.1, 0.15) is 24.1 Å². The molecule has 0 amide bonds. The lowest BCUT2D eigenvalue weighted by molar-refractivity contribution is 0.666. The number of aryl methyl sites for hydroxylation is 1. The molecule has 22 heavy (non-hydrogen) atoms. The largest absolute Gasteiger partial charge is 0.308 e. The smallest absolute Gasteiger partial charge is 0.144 e. The summed E-state index contributed by atoms with van der Waals surface area (Å²) < 4.78 is 2.20. The maximum Gasteiger partial charge on any atom is 0.144 e. The molecule has 3 nitrogen and oxygen atoms in total. The molecule has 4 heteroatoms. The highest BCUT2D eigenvalue weighted by atomic mass is 35.5. The van der Waals surface area contributed by atoms with Crippen molar-refractivity contribution in [1.29, 1.82) is 0 Å². The van der Waals surface area contributed by atoms with Crippen LogP contribution in [0.15, 0.2) is 42.6 Å². The second-order valence-electron chi connectivity index (χ2n) is 5.98. The second kappa shape index (κ2) is 5.41. The Kier molecular flexibility index (Phi) is 3.40. The third-order valence-corrected chi connectivity index (χ3v) is 4.61. The molecule has 3 aromatic rings. The average Bonchev–Trinajstić information content (AvgIpc) is 3.28. The molecule has 2 aromatic heterocycles. The van der Waals surface area contributed by atoms with E-state index in [2.05, 4.69) is 39.1 Å². The predicted octanol–water partition coefficient (Wildman–Crippen LogP) is 4.24. The van der Waals surface area contributed by atoms with Crippen molar-refractivity contribution in [3.05, 3.63) is 58.9 Å². The van der Waals surface area contributed by atoms with Gasteiger partial charge in [0.15, 0.2) is 0 Å². The molecule has 0 aliphatic heterocycles. The summed E-state index contributed by atoms with van der Waals surface area (Å²) in [7, 11) is 0. The van der Waals surface area contributed by atoms with Crippen molar-refractivity contribution in [2.75, 3.05) is 0 Å². The third-order valence-electron chi connectivity index (χ3n) is 4.20. The summed E-state index contributed by atoms with van der Waals surface area (Å²) >= 11 is 6.32. The Morgan fingerprint density at radius 2 is 2.14 bits per heavy atom. The number of halogens is 1. The molecule has 0 unspecified atom stereocenters.